The molecule has 0 radical (unpaired) electrons. The van der Waals surface area contributed by atoms with E-state index in [2.05, 4.69) is 0 Å². The highest BCUT2D eigenvalue weighted by atomic mass is 32.2. The zero-order valence-electron chi connectivity index (χ0n) is 12.3. The minimum atomic E-state index is -3.47. The first-order chi connectivity index (χ1) is 9.48. The number of hydrogen-bond acceptors (Lipinski definition) is 6. The van der Waals surface area contributed by atoms with Crippen LogP contribution in [-0.4, -0.2) is 35.5 Å². The molecule has 0 bridgehead atoms. The molecule has 0 aliphatic heterocycles. The van der Waals surface area contributed by atoms with Crippen LogP contribution in [0.4, 0.5) is 0 Å². The summed E-state index contributed by atoms with van der Waals surface area (Å²) < 4.78 is 23.4. The molecular weight excluding hydrogens is 299 g/mol. The summed E-state index contributed by atoms with van der Waals surface area (Å²) in [7, 11) is -3.47. The Balaban J connectivity index is 2.88. The van der Waals surface area contributed by atoms with Crippen LogP contribution >= 0.6 is 19.4 Å². The quantitative estimate of drug-likeness (QED) is 0.639. The molecule has 20 heavy (non-hydrogen) atoms. The highest BCUT2D eigenvalue weighted by Crippen LogP contribution is 2.59. The van der Waals surface area contributed by atoms with E-state index in [1.807, 2.05) is 6.92 Å². The van der Waals surface area contributed by atoms with Gasteiger partial charge in [0.2, 0.25) is 0 Å². The Morgan fingerprint density at radius 2 is 1.90 bits per heavy atom. The predicted molar refractivity (Wildman–Crippen MR) is 80.1 cm³/mol. The van der Waals surface area contributed by atoms with E-state index in [9.17, 15) is 14.2 Å². The number of carbonyl (C=O) groups is 2. The molecule has 0 heterocycles. The van der Waals surface area contributed by atoms with Crippen molar-refractivity contribution >= 4 is 30.3 Å². The lowest BCUT2D eigenvalue weighted by Gasteiger charge is -2.26. The molecule has 5 nitrogen and oxygen atoms in total. The van der Waals surface area contributed by atoms with Gasteiger partial charge in [0.25, 0.3) is 0 Å². The third-order valence-corrected chi connectivity index (χ3v) is 6.64. The summed E-state index contributed by atoms with van der Waals surface area (Å²) in [6.07, 6.45) is 1.20. The molecule has 0 N–H and O–H groups in total. The molecule has 7 heteroatoms. The third kappa shape index (κ3) is 4.42. The molecule has 1 aliphatic carbocycles. The van der Waals surface area contributed by atoms with Crippen molar-refractivity contribution in [2.75, 3.05) is 19.0 Å². The van der Waals surface area contributed by atoms with E-state index >= 15 is 0 Å². The Morgan fingerprint density at radius 1 is 1.30 bits per heavy atom. The lowest BCUT2D eigenvalue weighted by Crippen LogP contribution is -2.26. The maximum Gasteiger partial charge on any atom is 0.341 e. The molecule has 0 unspecified atom stereocenters. The minimum Gasteiger partial charge on any atom is -0.308 e. The van der Waals surface area contributed by atoms with E-state index in [1.54, 1.807) is 13.8 Å². The van der Waals surface area contributed by atoms with Gasteiger partial charge in [-0.25, -0.2) is 0 Å². The molecule has 0 spiro atoms. The SMILES string of the molecule is CCOP(=O)(OCC)[C@H]1C(=O)CC[C@@H]1CC(=O)SCC. The van der Waals surface area contributed by atoms with Crippen molar-refractivity contribution in [2.24, 2.45) is 5.92 Å². The van der Waals surface area contributed by atoms with Crippen LogP contribution in [0.15, 0.2) is 0 Å². The molecule has 0 aromatic rings. The van der Waals surface area contributed by atoms with Crippen LogP contribution in [0.1, 0.15) is 40.0 Å². The molecule has 1 fully saturated rings. The molecule has 1 rings (SSSR count). The van der Waals surface area contributed by atoms with Crippen LogP contribution in [0.2, 0.25) is 0 Å². The summed E-state index contributed by atoms with van der Waals surface area (Å²) in [6.45, 7) is 5.80. The summed E-state index contributed by atoms with van der Waals surface area (Å²) >= 11 is 1.24. The molecule has 0 aromatic heterocycles. The van der Waals surface area contributed by atoms with Gasteiger partial charge in [-0.3, -0.25) is 14.2 Å². The molecule has 2 atom stereocenters. The monoisotopic (exact) mass is 322 g/mol. The van der Waals surface area contributed by atoms with Gasteiger partial charge in [-0.15, -0.1) is 0 Å². The Kier molecular flexibility index (Phi) is 7.45. The summed E-state index contributed by atoms with van der Waals surface area (Å²) in [5.41, 5.74) is -0.774. The molecule has 0 aromatic carbocycles. The van der Waals surface area contributed by atoms with Crippen molar-refractivity contribution < 1.29 is 23.2 Å². The van der Waals surface area contributed by atoms with Crippen molar-refractivity contribution in [1.82, 2.24) is 0 Å². The van der Waals surface area contributed by atoms with Crippen LogP contribution in [0.25, 0.3) is 0 Å². The number of ketones is 1. The number of rotatable bonds is 8. The first-order valence-corrected chi connectivity index (χ1v) is 9.65. The highest BCUT2D eigenvalue weighted by Gasteiger charge is 2.49. The number of thioether (sulfide) groups is 1. The lowest BCUT2D eigenvalue weighted by molar-refractivity contribution is -0.117. The van der Waals surface area contributed by atoms with Gasteiger partial charge in [0.15, 0.2) is 5.12 Å². The second-order valence-corrected chi connectivity index (χ2v) is 8.07. The number of carbonyl (C=O) groups excluding carboxylic acids is 2. The van der Waals surface area contributed by atoms with Crippen LogP contribution < -0.4 is 0 Å². The highest BCUT2D eigenvalue weighted by molar-refractivity contribution is 8.13. The van der Waals surface area contributed by atoms with Gasteiger partial charge in [-0.1, -0.05) is 18.7 Å². The average molecular weight is 322 g/mol. The Bertz CT molecular complexity index is 388. The van der Waals surface area contributed by atoms with Gasteiger partial charge in [0.05, 0.1) is 13.2 Å². The van der Waals surface area contributed by atoms with Crippen molar-refractivity contribution in [2.45, 2.75) is 45.7 Å². The Morgan fingerprint density at radius 3 is 2.40 bits per heavy atom. The van der Waals surface area contributed by atoms with E-state index in [0.717, 1.165) is 0 Å². The summed E-state index contributed by atoms with van der Waals surface area (Å²) in [5, 5.41) is 0.0387. The van der Waals surface area contributed by atoms with Crippen LogP contribution in [0.5, 0.6) is 0 Å². The van der Waals surface area contributed by atoms with Gasteiger partial charge in [-0.2, -0.15) is 0 Å². The summed E-state index contributed by atoms with van der Waals surface area (Å²) in [5.74, 6) is 0.381. The van der Waals surface area contributed by atoms with Gasteiger partial charge in [0.1, 0.15) is 11.4 Å². The van der Waals surface area contributed by atoms with Gasteiger partial charge in [-0.05, 0) is 31.9 Å². The normalized spacial score (nSPS) is 23.2. The van der Waals surface area contributed by atoms with E-state index in [0.29, 0.717) is 18.6 Å². The minimum absolute atomic E-state index is 0.0387. The first-order valence-electron chi connectivity index (χ1n) is 7.05. The molecular formula is C13H23O5PS. The maximum atomic E-state index is 12.8. The molecule has 0 saturated heterocycles. The van der Waals surface area contributed by atoms with E-state index in [-0.39, 0.29) is 36.5 Å². The van der Waals surface area contributed by atoms with E-state index in [1.165, 1.54) is 11.8 Å². The molecule has 1 saturated carbocycles. The molecule has 116 valence electrons. The fraction of sp³-hybridized carbons (Fsp3) is 0.846. The van der Waals surface area contributed by atoms with Crippen LogP contribution in [-0.2, 0) is 23.2 Å². The van der Waals surface area contributed by atoms with Crippen molar-refractivity contribution in [3.05, 3.63) is 0 Å². The zero-order chi connectivity index (χ0) is 15.2. The van der Waals surface area contributed by atoms with Crippen molar-refractivity contribution in [3.63, 3.8) is 0 Å². The summed E-state index contributed by atoms with van der Waals surface area (Å²) in [6, 6.07) is 0. The van der Waals surface area contributed by atoms with Gasteiger partial charge >= 0.3 is 7.60 Å². The molecule has 1 aliphatic rings. The van der Waals surface area contributed by atoms with Crippen LogP contribution in [0, 0.1) is 5.92 Å². The Hall–Kier alpha value is -0.160. The predicted octanol–water partition coefficient (Wildman–Crippen LogP) is 3.27. The van der Waals surface area contributed by atoms with Gasteiger partial charge < -0.3 is 9.05 Å². The Labute approximate surface area is 124 Å². The van der Waals surface area contributed by atoms with E-state index < -0.39 is 13.3 Å². The summed E-state index contributed by atoms with van der Waals surface area (Å²) in [4.78, 5) is 23.8. The topological polar surface area (TPSA) is 69.7 Å². The van der Waals surface area contributed by atoms with Gasteiger partial charge in [0, 0.05) is 12.8 Å². The largest absolute Gasteiger partial charge is 0.341 e. The van der Waals surface area contributed by atoms with Crippen molar-refractivity contribution in [1.29, 1.82) is 0 Å². The van der Waals surface area contributed by atoms with Crippen LogP contribution in [0.3, 0.4) is 0 Å². The molecule has 0 amide bonds. The zero-order valence-corrected chi connectivity index (χ0v) is 14.0. The fourth-order valence-corrected chi connectivity index (χ4v) is 5.56. The lowest BCUT2D eigenvalue weighted by atomic mass is 10.1. The number of hydrogen-bond donors (Lipinski definition) is 0. The second-order valence-electron chi connectivity index (χ2n) is 4.59. The fourth-order valence-electron chi connectivity index (χ4n) is 2.54. The van der Waals surface area contributed by atoms with E-state index in [4.69, 9.17) is 9.05 Å². The maximum absolute atomic E-state index is 12.8. The number of Topliss-reactive ketones (excluding diaryl/α,β-unsaturated/α-hetero) is 1. The first kappa shape index (κ1) is 17.9. The average Bonchev–Trinajstić information content (AvgIpc) is 2.71. The smallest absolute Gasteiger partial charge is 0.308 e. The standard InChI is InChI=1S/C13H23O5PS/c1-4-17-19(16,18-5-2)13-10(7-8-11(13)14)9-12(15)20-6-3/h10,13H,4-9H2,1-3H3/t10-,13-/m1/s1. The third-order valence-electron chi connectivity index (χ3n) is 3.23. The van der Waals surface area contributed by atoms with Crippen molar-refractivity contribution in [3.8, 4) is 0 Å². The second kappa shape index (κ2) is 8.32.